The summed E-state index contributed by atoms with van der Waals surface area (Å²) >= 11 is 0. The number of rotatable bonds is 2. The van der Waals surface area contributed by atoms with Gasteiger partial charge in [0.2, 0.25) is 5.91 Å². The predicted octanol–water partition coefficient (Wildman–Crippen LogP) is 2.87. The quantitative estimate of drug-likeness (QED) is 0.882. The Morgan fingerprint density at radius 2 is 2.05 bits per heavy atom. The average molecular weight is 254 g/mol. The minimum atomic E-state index is -0.766. The lowest BCUT2D eigenvalue weighted by atomic mass is 9.86. The molecule has 0 bridgehead atoms. The van der Waals surface area contributed by atoms with Crippen molar-refractivity contribution >= 4 is 5.91 Å². The minimum Gasteiger partial charge on any atom is -0.348 e. The number of nitrogens with one attached hydrogen (secondary N) is 1. The van der Waals surface area contributed by atoms with Crippen LogP contribution in [-0.4, -0.2) is 5.91 Å². The Balaban J connectivity index is 1.77. The Bertz CT molecular complexity index is 538. The van der Waals surface area contributed by atoms with E-state index in [-0.39, 0.29) is 11.9 Å². The molecule has 2 aliphatic rings. The molecule has 0 spiro atoms. The molecule has 1 N–H and O–H groups in total. The van der Waals surface area contributed by atoms with Crippen molar-refractivity contribution in [1.29, 1.82) is 5.26 Å². The van der Waals surface area contributed by atoms with E-state index >= 15 is 0 Å². The van der Waals surface area contributed by atoms with E-state index in [9.17, 15) is 10.1 Å². The number of nitrogens with zero attached hydrogens (tertiary/aromatic N) is 1. The molecule has 0 heterocycles. The molecule has 1 atom stereocenters. The van der Waals surface area contributed by atoms with Crippen molar-refractivity contribution in [2.45, 2.75) is 44.6 Å². The number of carbonyl (C=O) groups excluding carboxylic acids is 1. The first-order valence-corrected chi connectivity index (χ1v) is 7.05. The molecule has 19 heavy (non-hydrogen) atoms. The highest BCUT2D eigenvalue weighted by Crippen LogP contribution is 2.39. The highest BCUT2D eigenvalue weighted by Gasteiger charge is 2.42. The Hall–Kier alpha value is -1.82. The molecule has 1 aromatic carbocycles. The van der Waals surface area contributed by atoms with Crippen molar-refractivity contribution < 1.29 is 4.79 Å². The number of hydrogen-bond acceptors (Lipinski definition) is 2. The minimum absolute atomic E-state index is 0.0609. The number of nitriles is 1. The van der Waals surface area contributed by atoms with E-state index in [1.54, 1.807) is 0 Å². The molecule has 1 aromatic rings. The second kappa shape index (κ2) is 4.70. The normalized spacial score (nSPS) is 23.6. The third-order valence-electron chi connectivity index (χ3n) is 4.54. The van der Waals surface area contributed by atoms with Crippen molar-refractivity contribution in [3.8, 4) is 6.07 Å². The summed E-state index contributed by atoms with van der Waals surface area (Å²) in [7, 11) is 0. The highest BCUT2D eigenvalue weighted by molar-refractivity contribution is 5.86. The van der Waals surface area contributed by atoms with Crippen LogP contribution in [0.4, 0.5) is 0 Å². The van der Waals surface area contributed by atoms with Crippen LogP contribution in [0.25, 0.3) is 0 Å². The van der Waals surface area contributed by atoms with Crippen molar-refractivity contribution in [3.63, 3.8) is 0 Å². The summed E-state index contributed by atoms with van der Waals surface area (Å²) in [4.78, 5) is 12.4. The lowest BCUT2D eigenvalue weighted by Crippen LogP contribution is -2.39. The van der Waals surface area contributed by atoms with Crippen LogP contribution < -0.4 is 5.32 Å². The maximum absolute atomic E-state index is 12.4. The summed E-state index contributed by atoms with van der Waals surface area (Å²) in [5.41, 5.74) is 1.78. The summed E-state index contributed by atoms with van der Waals surface area (Å²) in [6.45, 7) is 0. The van der Waals surface area contributed by atoms with Crippen LogP contribution in [0.1, 0.15) is 49.3 Å². The zero-order chi connectivity index (χ0) is 13.3. The molecule has 3 nitrogen and oxygen atoms in total. The first-order chi connectivity index (χ1) is 9.25. The van der Waals surface area contributed by atoms with Crippen molar-refractivity contribution in [2.75, 3.05) is 0 Å². The van der Waals surface area contributed by atoms with Crippen molar-refractivity contribution in [1.82, 2.24) is 5.32 Å². The van der Waals surface area contributed by atoms with Crippen LogP contribution in [0.2, 0.25) is 0 Å². The van der Waals surface area contributed by atoms with Gasteiger partial charge in [0.1, 0.15) is 5.41 Å². The number of fused-ring (bicyclic) bond motifs is 1. The number of aryl methyl sites for hydroxylation is 1. The Morgan fingerprint density at radius 3 is 2.79 bits per heavy atom. The van der Waals surface area contributed by atoms with Crippen LogP contribution in [-0.2, 0) is 11.2 Å². The number of amides is 1. The van der Waals surface area contributed by atoms with Gasteiger partial charge in [-0.25, -0.2) is 0 Å². The van der Waals surface area contributed by atoms with Gasteiger partial charge in [0.05, 0.1) is 12.1 Å². The van der Waals surface area contributed by atoms with Gasteiger partial charge in [0.15, 0.2) is 0 Å². The lowest BCUT2D eigenvalue weighted by Gasteiger charge is -2.23. The molecule has 0 aromatic heterocycles. The highest BCUT2D eigenvalue weighted by atomic mass is 16.2. The third kappa shape index (κ3) is 2.02. The number of hydrogen-bond donors (Lipinski definition) is 1. The summed E-state index contributed by atoms with van der Waals surface area (Å²) in [6.07, 6.45) is 5.37. The monoisotopic (exact) mass is 254 g/mol. The van der Waals surface area contributed by atoms with E-state index in [0.717, 1.165) is 25.7 Å². The molecule has 0 aliphatic heterocycles. The molecule has 1 unspecified atom stereocenters. The van der Waals surface area contributed by atoms with Crippen LogP contribution in [0.5, 0.6) is 0 Å². The first kappa shape index (κ1) is 12.2. The maximum Gasteiger partial charge on any atom is 0.240 e. The molecule has 3 rings (SSSR count). The largest absolute Gasteiger partial charge is 0.348 e. The van der Waals surface area contributed by atoms with Crippen molar-refractivity contribution in [3.05, 3.63) is 35.4 Å². The van der Waals surface area contributed by atoms with E-state index in [4.69, 9.17) is 0 Å². The molecular formula is C16H18N2O. The first-order valence-electron chi connectivity index (χ1n) is 7.05. The van der Waals surface area contributed by atoms with Gasteiger partial charge in [-0.15, -0.1) is 0 Å². The van der Waals surface area contributed by atoms with Gasteiger partial charge in [-0.05, 0) is 36.8 Å². The molecule has 3 heteroatoms. The van der Waals surface area contributed by atoms with E-state index in [1.165, 1.54) is 11.1 Å². The number of benzene rings is 1. The van der Waals surface area contributed by atoms with E-state index < -0.39 is 5.41 Å². The summed E-state index contributed by atoms with van der Waals surface area (Å²) < 4.78 is 0. The standard InChI is InChI=1S/C16H18N2O/c17-11-16(9-3-4-10-16)15(19)18-14-8-7-12-5-1-2-6-13(12)14/h1-2,5-6,14H,3-4,7-10H2,(H,18,19). The Labute approximate surface area is 113 Å². The summed E-state index contributed by atoms with van der Waals surface area (Å²) in [5.74, 6) is -0.0609. The van der Waals surface area contributed by atoms with Crippen LogP contribution in [0.3, 0.4) is 0 Å². The Morgan fingerprint density at radius 1 is 1.32 bits per heavy atom. The molecule has 1 saturated carbocycles. The van der Waals surface area contributed by atoms with Crippen LogP contribution >= 0.6 is 0 Å². The SMILES string of the molecule is N#CC1(C(=O)NC2CCc3ccccc32)CCCC1. The van der Waals surface area contributed by atoms with Gasteiger partial charge in [-0.2, -0.15) is 5.26 Å². The molecular weight excluding hydrogens is 236 g/mol. The van der Waals surface area contributed by atoms with Crippen LogP contribution in [0.15, 0.2) is 24.3 Å². The summed E-state index contributed by atoms with van der Waals surface area (Å²) in [6, 6.07) is 10.6. The summed E-state index contributed by atoms with van der Waals surface area (Å²) in [5, 5.41) is 12.5. The fourth-order valence-electron chi connectivity index (χ4n) is 3.37. The van der Waals surface area contributed by atoms with Gasteiger partial charge in [0.25, 0.3) is 0 Å². The van der Waals surface area contributed by atoms with Gasteiger partial charge >= 0.3 is 0 Å². The molecule has 1 amide bonds. The maximum atomic E-state index is 12.4. The van der Waals surface area contributed by atoms with Crippen molar-refractivity contribution in [2.24, 2.45) is 5.41 Å². The second-order valence-corrected chi connectivity index (χ2v) is 5.66. The van der Waals surface area contributed by atoms with Gasteiger partial charge in [0, 0.05) is 0 Å². The fraction of sp³-hybridized carbons (Fsp3) is 0.500. The smallest absolute Gasteiger partial charge is 0.240 e. The molecule has 1 fully saturated rings. The molecule has 0 saturated heterocycles. The predicted molar refractivity (Wildman–Crippen MR) is 72.2 cm³/mol. The molecule has 0 radical (unpaired) electrons. The van der Waals surface area contributed by atoms with Crippen LogP contribution in [0, 0.1) is 16.7 Å². The zero-order valence-electron chi connectivity index (χ0n) is 11.0. The van der Waals surface area contributed by atoms with E-state index in [1.807, 2.05) is 12.1 Å². The average Bonchev–Trinajstić information content (AvgIpc) is 3.07. The van der Waals surface area contributed by atoms with Gasteiger partial charge < -0.3 is 5.32 Å². The van der Waals surface area contributed by atoms with Gasteiger partial charge in [-0.3, -0.25) is 4.79 Å². The lowest BCUT2D eigenvalue weighted by molar-refractivity contribution is -0.128. The third-order valence-corrected chi connectivity index (χ3v) is 4.54. The zero-order valence-corrected chi connectivity index (χ0v) is 11.0. The topological polar surface area (TPSA) is 52.9 Å². The number of carbonyl (C=O) groups is 1. The second-order valence-electron chi connectivity index (χ2n) is 5.66. The molecule has 98 valence electrons. The molecule has 2 aliphatic carbocycles. The fourth-order valence-corrected chi connectivity index (χ4v) is 3.37. The Kier molecular flexibility index (Phi) is 3.02. The van der Waals surface area contributed by atoms with Gasteiger partial charge in [-0.1, -0.05) is 37.1 Å². The van der Waals surface area contributed by atoms with E-state index in [2.05, 4.69) is 23.5 Å². The van der Waals surface area contributed by atoms with E-state index in [0.29, 0.717) is 12.8 Å².